The monoisotopic (exact) mass is 316 g/mol. The quantitative estimate of drug-likeness (QED) is 0.868. The van der Waals surface area contributed by atoms with Gasteiger partial charge in [0.2, 0.25) is 0 Å². The molecule has 1 aliphatic rings. The summed E-state index contributed by atoms with van der Waals surface area (Å²) in [5.41, 5.74) is 0. The number of carboxylic acids is 1. The van der Waals surface area contributed by atoms with Crippen LogP contribution in [-0.2, 0) is 4.79 Å². The fraction of sp³-hybridized carbons (Fsp3) is 0.500. The molecule has 1 N–H and O–H groups in total. The number of hydrogen-bond acceptors (Lipinski definition) is 3. The number of Topliss-reactive ketones (excluding diaryl/α,β-unsaturated/α-hetero) is 1. The van der Waals surface area contributed by atoms with Crippen LogP contribution in [0.15, 0.2) is 10.5 Å². The average Bonchev–Trinajstić information content (AvgIpc) is 2.84. The van der Waals surface area contributed by atoms with Crippen molar-refractivity contribution in [2.45, 2.75) is 26.2 Å². The second-order valence-electron chi connectivity index (χ2n) is 4.44. The first-order chi connectivity index (χ1) is 7.99. The van der Waals surface area contributed by atoms with Gasteiger partial charge in [-0.1, -0.05) is 0 Å². The summed E-state index contributed by atoms with van der Waals surface area (Å²) in [6.45, 7) is 1.96. The first-order valence-corrected chi connectivity index (χ1v) is 7.13. The van der Waals surface area contributed by atoms with E-state index in [4.69, 9.17) is 5.11 Å². The molecule has 1 heterocycles. The van der Waals surface area contributed by atoms with Gasteiger partial charge in [-0.3, -0.25) is 9.59 Å². The van der Waals surface area contributed by atoms with Crippen molar-refractivity contribution >= 4 is 39.0 Å². The summed E-state index contributed by atoms with van der Waals surface area (Å²) in [5.74, 6) is -1.14. The number of carboxylic acid groups (broad SMARTS) is 1. The first kappa shape index (κ1) is 12.8. The van der Waals surface area contributed by atoms with Crippen LogP contribution in [0.5, 0.6) is 0 Å². The molecule has 17 heavy (non-hydrogen) atoms. The highest BCUT2D eigenvalue weighted by molar-refractivity contribution is 9.10. The number of halogens is 1. The van der Waals surface area contributed by atoms with Gasteiger partial charge in [0.15, 0.2) is 5.78 Å². The van der Waals surface area contributed by atoms with Crippen LogP contribution in [0.4, 0.5) is 0 Å². The molecule has 1 aromatic heterocycles. The van der Waals surface area contributed by atoms with Crippen LogP contribution in [0, 0.1) is 18.8 Å². The Hall–Kier alpha value is -0.680. The zero-order valence-electron chi connectivity index (χ0n) is 9.40. The zero-order valence-corrected chi connectivity index (χ0v) is 11.8. The molecule has 0 radical (unpaired) electrons. The van der Waals surface area contributed by atoms with E-state index < -0.39 is 5.97 Å². The van der Waals surface area contributed by atoms with E-state index in [9.17, 15) is 9.59 Å². The normalized spacial score (nSPS) is 23.9. The third kappa shape index (κ3) is 2.60. The topological polar surface area (TPSA) is 54.4 Å². The predicted molar refractivity (Wildman–Crippen MR) is 69.6 cm³/mol. The molecule has 0 spiro atoms. The molecule has 2 rings (SSSR count). The maximum absolute atomic E-state index is 12.2. The summed E-state index contributed by atoms with van der Waals surface area (Å²) >= 11 is 4.86. The molecular weight excluding hydrogens is 304 g/mol. The lowest BCUT2D eigenvalue weighted by Gasteiger charge is -2.07. The minimum absolute atomic E-state index is 0.0960. The molecule has 0 saturated heterocycles. The van der Waals surface area contributed by atoms with Crippen molar-refractivity contribution in [3.63, 3.8) is 0 Å². The molecule has 0 amide bonds. The second-order valence-corrected chi connectivity index (χ2v) is 6.55. The van der Waals surface area contributed by atoms with Gasteiger partial charge in [0, 0.05) is 15.3 Å². The van der Waals surface area contributed by atoms with Gasteiger partial charge in [0.05, 0.1) is 10.8 Å². The summed E-state index contributed by atoms with van der Waals surface area (Å²) in [7, 11) is 0. The van der Waals surface area contributed by atoms with E-state index >= 15 is 0 Å². The van der Waals surface area contributed by atoms with E-state index in [-0.39, 0.29) is 17.6 Å². The van der Waals surface area contributed by atoms with Gasteiger partial charge in [-0.25, -0.2) is 0 Å². The number of ketones is 1. The summed E-state index contributed by atoms with van der Waals surface area (Å²) in [4.78, 5) is 24.9. The highest BCUT2D eigenvalue weighted by atomic mass is 79.9. The van der Waals surface area contributed by atoms with E-state index in [1.165, 1.54) is 11.3 Å². The van der Waals surface area contributed by atoms with E-state index in [1.54, 1.807) is 0 Å². The summed E-state index contributed by atoms with van der Waals surface area (Å²) < 4.78 is 0.837. The molecule has 1 aliphatic carbocycles. The number of carbonyl (C=O) groups excluding carboxylic acids is 1. The third-order valence-corrected chi connectivity index (χ3v) is 5.14. The predicted octanol–water partition coefficient (Wildman–Crippen LogP) is 3.50. The first-order valence-electron chi connectivity index (χ1n) is 5.52. The summed E-state index contributed by atoms with van der Waals surface area (Å²) in [6.07, 6.45) is 1.80. The van der Waals surface area contributed by atoms with Crippen LogP contribution < -0.4 is 0 Å². The number of aryl methyl sites for hydroxylation is 1. The SMILES string of the molecule is Cc1cc(Br)c(C(=O)C2CCC(C(=O)O)C2)s1. The van der Waals surface area contributed by atoms with Crippen LogP contribution >= 0.6 is 27.3 Å². The molecule has 2 unspecified atom stereocenters. The molecule has 3 nitrogen and oxygen atoms in total. The Bertz CT molecular complexity index is 466. The minimum atomic E-state index is -0.776. The Morgan fingerprint density at radius 1 is 1.41 bits per heavy atom. The van der Waals surface area contributed by atoms with Crippen molar-refractivity contribution in [3.8, 4) is 0 Å². The number of rotatable bonds is 3. The number of thiophene rings is 1. The Morgan fingerprint density at radius 2 is 2.06 bits per heavy atom. The van der Waals surface area contributed by atoms with Gasteiger partial charge in [-0.2, -0.15) is 0 Å². The van der Waals surface area contributed by atoms with Gasteiger partial charge in [0.25, 0.3) is 0 Å². The molecule has 0 aromatic carbocycles. The van der Waals surface area contributed by atoms with Crippen LogP contribution in [0.25, 0.3) is 0 Å². The molecular formula is C12H13BrO3S. The van der Waals surface area contributed by atoms with Crippen molar-refractivity contribution in [3.05, 3.63) is 20.3 Å². The van der Waals surface area contributed by atoms with Crippen LogP contribution in [0.1, 0.15) is 33.8 Å². The Balaban J connectivity index is 2.12. The van der Waals surface area contributed by atoms with Gasteiger partial charge in [-0.15, -0.1) is 11.3 Å². The highest BCUT2D eigenvalue weighted by Gasteiger charge is 2.35. The average molecular weight is 317 g/mol. The zero-order chi connectivity index (χ0) is 12.6. The summed E-state index contributed by atoms with van der Waals surface area (Å²) in [6, 6.07) is 1.93. The number of carbonyl (C=O) groups is 2. The Kier molecular flexibility index (Phi) is 3.68. The lowest BCUT2D eigenvalue weighted by Crippen LogP contribution is -2.14. The third-order valence-electron chi connectivity index (χ3n) is 3.19. The van der Waals surface area contributed by atoms with Crippen molar-refractivity contribution in [2.24, 2.45) is 11.8 Å². The van der Waals surface area contributed by atoms with Gasteiger partial charge in [-0.05, 0) is 48.2 Å². The number of aliphatic carboxylic acids is 1. The molecule has 0 bridgehead atoms. The molecule has 92 valence electrons. The highest BCUT2D eigenvalue weighted by Crippen LogP contribution is 2.37. The van der Waals surface area contributed by atoms with Gasteiger partial charge in [0.1, 0.15) is 0 Å². The molecule has 1 aromatic rings. The van der Waals surface area contributed by atoms with Crippen molar-refractivity contribution < 1.29 is 14.7 Å². The van der Waals surface area contributed by atoms with Crippen LogP contribution in [0.3, 0.4) is 0 Å². The smallest absolute Gasteiger partial charge is 0.306 e. The fourth-order valence-corrected chi connectivity index (χ4v) is 4.14. The van der Waals surface area contributed by atoms with E-state index in [1.807, 2.05) is 13.0 Å². The molecule has 5 heteroatoms. The fourth-order valence-electron chi connectivity index (χ4n) is 2.28. The van der Waals surface area contributed by atoms with Crippen molar-refractivity contribution in [1.82, 2.24) is 0 Å². The number of hydrogen-bond donors (Lipinski definition) is 1. The van der Waals surface area contributed by atoms with Gasteiger partial charge >= 0.3 is 5.97 Å². The van der Waals surface area contributed by atoms with Crippen molar-refractivity contribution in [1.29, 1.82) is 0 Å². The van der Waals surface area contributed by atoms with Gasteiger partial charge < -0.3 is 5.11 Å². The van der Waals surface area contributed by atoms with E-state index in [0.29, 0.717) is 19.3 Å². The van der Waals surface area contributed by atoms with Crippen molar-refractivity contribution in [2.75, 3.05) is 0 Å². The maximum atomic E-state index is 12.2. The second kappa shape index (κ2) is 4.90. The lowest BCUT2D eigenvalue weighted by atomic mass is 9.99. The molecule has 2 atom stereocenters. The molecule has 1 fully saturated rings. The maximum Gasteiger partial charge on any atom is 0.306 e. The van der Waals surface area contributed by atoms with E-state index in [2.05, 4.69) is 15.9 Å². The largest absolute Gasteiger partial charge is 0.481 e. The summed E-state index contributed by atoms with van der Waals surface area (Å²) in [5, 5.41) is 8.92. The molecule has 0 aliphatic heterocycles. The standard InChI is InChI=1S/C12H13BrO3S/c1-6-4-9(13)11(17-6)10(14)7-2-3-8(5-7)12(15)16/h4,7-8H,2-3,5H2,1H3,(H,15,16). The van der Waals surface area contributed by atoms with E-state index in [0.717, 1.165) is 14.2 Å². The minimum Gasteiger partial charge on any atom is -0.481 e. The lowest BCUT2D eigenvalue weighted by molar-refractivity contribution is -0.141. The molecule has 1 saturated carbocycles. The van der Waals surface area contributed by atoms with Crippen LogP contribution in [-0.4, -0.2) is 16.9 Å². The van der Waals surface area contributed by atoms with Crippen LogP contribution in [0.2, 0.25) is 0 Å². The Morgan fingerprint density at radius 3 is 2.53 bits per heavy atom. The Labute approximate surface area is 112 Å².